The number of nitrogens with zero attached hydrogens (tertiary/aromatic N) is 2. The Bertz CT molecular complexity index is 717. The number of nitrogens with one attached hydrogen (secondary N) is 2. The van der Waals surface area contributed by atoms with E-state index in [1.54, 1.807) is 0 Å². The van der Waals surface area contributed by atoms with Crippen molar-refractivity contribution in [2.24, 2.45) is 11.8 Å². The second kappa shape index (κ2) is 7.91. The van der Waals surface area contributed by atoms with Crippen LogP contribution in [0.5, 0.6) is 0 Å². The quantitative estimate of drug-likeness (QED) is 0.609. The molecule has 3 atom stereocenters. The number of piperazine rings is 1. The van der Waals surface area contributed by atoms with Gasteiger partial charge in [0.2, 0.25) is 21.8 Å². The van der Waals surface area contributed by atoms with Crippen molar-refractivity contribution in [3.05, 3.63) is 0 Å². The van der Waals surface area contributed by atoms with Crippen LogP contribution in [0.15, 0.2) is 0 Å². The topological polar surface area (TPSA) is 98.8 Å². The van der Waals surface area contributed by atoms with Crippen molar-refractivity contribution < 1.29 is 18.0 Å². The Morgan fingerprint density at radius 3 is 2.50 bits per heavy atom. The highest BCUT2D eigenvalue weighted by atomic mass is 32.2. The van der Waals surface area contributed by atoms with Crippen LogP contribution in [0.2, 0.25) is 0 Å². The predicted molar refractivity (Wildman–Crippen MR) is 105 cm³/mol. The maximum absolute atomic E-state index is 13.3. The van der Waals surface area contributed by atoms with Crippen LogP contribution in [0.3, 0.4) is 0 Å². The minimum absolute atomic E-state index is 0.0307. The van der Waals surface area contributed by atoms with Crippen LogP contribution >= 0.6 is 0 Å². The van der Waals surface area contributed by atoms with Crippen molar-refractivity contribution in [2.75, 3.05) is 32.4 Å². The first-order valence-corrected chi connectivity index (χ1v) is 12.5. The molecule has 0 radical (unpaired) electrons. The van der Waals surface area contributed by atoms with Gasteiger partial charge in [-0.15, -0.1) is 0 Å². The number of fused-ring (bicyclic) bond motifs is 1. The van der Waals surface area contributed by atoms with Gasteiger partial charge in [0.05, 0.1) is 6.26 Å². The molecular weight excluding hydrogens is 380 g/mol. The molecule has 0 spiro atoms. The summed E-state index contributed by atoms with van der Waals surface area (Å²) in [5.74, 6) is 0.842. The number of rotatable bonds is 7. The second-order valence-electron chi connectivity index (χ2n) is 9.11. The van der Waals surface area contributed by atoms with E-state index in [-0.39, 0.29) is 35.9 Å². The maximum Gasteiger partial charge on any atom is 0.242 e. The fourth-order valence-corrected chi connectivity index (χ4v) is 5.90. The average Bonchev–Trinajstić information content (AvgIpc) is 3.20. The molecule has 2 amide bonds. The van der Waals surface area contributed by atoms with Crippen LogP contribution in [-0.4, -0.2) is 80.6 Å². The van der Waals surface area contributed by atoms with Crippen LogP contribution < -0.4 is 10.0 Å². The molecule has 8 nitrogen and oxygen atoms in total. The van der Waals surface area contributed by atoms with Crippen LogP contribution in [0.4, 0.5) is 0 Å². The van der Waals surface area contributed by atoms with Gasteiger partial charge < -0.3 is 10.2 Å². The van der Waals surface area contributed by atoms with E-state index in [4.69, 9.17) is 0 Å². The summed E-state index contributed by atoms with van der Waals surface area (Å²) in [4.78, 5) is 29.5. The Kier molecular flexibility index (Phi) is 5.68. The molecule has 0 aromatic rings. The van der Waals surface area contributed by atoms with E-state index in [1.807, 2.05) is 4.90 Å². The first-order chi connectivity index (χ1) is 13.3. The van der Waals surface area contributed by atoms with E-state index in [0.717, 1.165) is 32.2 Å². The van der Waals surface area contributed by atoms with Gasteiger partial charge in [0, 0.05) is 44.2 Å². The number of carbonyl (C=O) groups is 2. The van der Waals surface area contributed by atoms with Gasteiger partial charge >= 0.3 is 0 Å². The Hall–Kier alpha value is -1.19. The molecule has 4 fully saturated rings. The van der Waals surface area contributed by atoms with Gasteiger partial charge in [-0.2, -0.15) is 0 Å². The molecule has 2 saturated heterocycles. The lowest BCUT2D eigenvalue weighted by Crippen LogP contribution is -2.63. The van der Waals surface area contributed by atoms with Crippen LogP contribution in [0.1, 0.15) is 44.9 Å². The lowest BCUT2D eigenvalue weighted by molar-refractivity contribution is -0.144. The van der Waals surface area contributed by atoms with Gasteiger partial charge in [-0.05, 0) is 38.0 Å². The zero-order chi connectivity index (χ0) is 19.9. The highest BCUT2D eigenvalue weighted by Crippen LogP contribution is 2.32. The summed E-state index contributed by atoms with van der Waals surface area (Å²) in [5.41, 5.74) is 0. The average molecular weight is 413 g/mol. The first-order valence-electron chi connectivity index (χ1n) is 10.6. The maximum atomic E-state index is 13.3. The van der Waals surface area contributed by atoms with E-state index in [9.17, 15) is 18.0 Å². The van der Waals surface area contributed by atoms with E-state index in [0.29, 0.717) is 25.4 Å². The largest absolute Gasteiger partial charge is 0.354 e. The van der Waals surface area contributed by atoms with Crippen LogP contribution in [0.25, 0.3) is 0 Å². The number of amides is 2. The highest BCUT2D eigenvalue weighted by Gasteiger charge is 2.46. The lowest BCUT2D eigenvalue weighted by atomic mass is 10.0. The predicted octanol–water partition coefficient (Wildman–Crippen LogP) is -0.0943. The Balaban J connectivity index is 1.44. The number of hydrogen-bond donors (Lipinski definition) is 2. The Morgan fingerprint density at radius 1 is 1.14 bits per heavy atom. The van der Waals surface area contributed by atoms with E-state index in [2.05, 4.69) is 14.9 Å². The third kappa shape index (κ3) is 4.68. The number of hydrogen-bond acceptors (Lipinski definition) is 5. The third-order valence-electron chi connectivity index (χ3n) is 6.63. The van der Waals surface area contributed by atoms with Crippen molar-refractivity contribution in [1.29, 1.82) is 0 Å². The van der Waals surface area contributed by atoms with Crippen molar-refractivity contribution >= 4 is 21.8 Å². The summed E-state index contributed by atoms with van der Waals surface area (Å²) in [7, 11) is -3.30. The molecule has 4 aliphatic rings. The molecule has 0 aromatic carbocycles. The molecule has 2 heterocycles. The summed E-state index contributed by atoms with van der Waals surface area (Å²) < 4.78 is 25.9. The molecule has 28 heavy (non-hydrogen) atoms. The van der Waals surface area contributed by atoms with E-state index >= 15 is 0 Å². The molecule has 9 heteroatoms. The van der Waals surface area contributed by atoms with Crippen LogP contribution in [0, 0.1) is 11.8 Å². The van der Waals surface area contributed by atoms with Gasteiger partial charge in [0.25, 0.3) is 0 Å². The van der Waals surface area contributed by atoms with Crippen molar-refractivity contribution in [1.82, 2.24) is 19.8 Å². The summed E-state index contributed by atoms with van der Waals surface area (Å²) in [5, 5.41) is 2.99. The standard InChI is InChI=1S/C19H32N4O4S/c1-28(26,27)21-15-8-16-12-22(10-13-4-2-3-5-13)17(19(25)23(16)11-15)9-20-18(24)14-6-7-14/h13-17,21H,2-12H2,1H3,(H,20,24)/t15-,16-,17-/m0/s1. The van der Waals surface area contributed by atoms with E-state index < -0.39 is 10.0 Å². The SMILES string of the molecule is CS(=O)(=O)N[C@H]1C[C@H]2CN(CC3CCCC3)[C@@H](CNC(=O)C3CC3)C(=O)N2C1. The van der Waals surface area contributed by atoms with Crippen molar-refractivity contribution in [3.8, 4) is 0 Å². The molecule has 0 aromatic heterocycles. The lowest BCUT2D eigenvalue weighted by Gasteiger charge is -2.43. The summed E-state index contributed by atoms with van der Waals surface area (Å²) in [6.45, 7) is 2.42. The third-order valence-corrected chi connectivity index (χ3v) is 7.40. The Morgan fingerprint density at radius 2 is 1.86 bits per heavy atom. The normalized spacial score (nSPS) is 32.0. The summed E-state index contributed by atoms with van der Waals surface area (Å²) in [6, 6.07) is -0.517. The van der Waals surface area contributed by atoms with Gasteiger partial charge in [-0.3, -0.25) is 14.5 Å². The monoisotopic (exact) mass is 412 g/mol. The number of carbonyl (C=O) groups excluding carboxylic acids is 2. The van der Waals surface area contributed by atoms with Gasteiger partial charge in [0.15, 0.2) is 0 Å². The van der Waals surface area contributed by atoms with Gasteiger partial charge in [-0.1, -0.05) is 12.8 Å². The van der Waals surface area contributed by atoms with Gasteiger partial charge in [0.1, 0.15) is 6.04 Å². The van der Waals surface area contributed by atoms with E-state index in [1.165, 1.54) is 25.7 Å². The smallest absolute Gasteiger partial charge is 0.242 e. The zero-order valence-electron chi connectivity index (χ0n) is 16.6. The first kappa shape index (κ1) is 20.1. The summed E-state index contributed by atoms with van der Waals surface area (Å²) in [6.07, 6.45) is 8.64. The second-order valence-corrected chi connectivity index (χ2v) is 10.9. The minimum Gasteiger partial charge on any atom is -0.354 e. The Labute approximate surface area is 167 Å². The van der Waals surface area contributed by atoms with Crippen LogP contribution in [-0.2, 0) is 19.6 Å². The molecule has 0 bridgehead atoms. The molecule has 2 N–H and O–H groups in total. The fourth-order valence-electron chi connectivity index (χ4n) is 5.12. The minimum atomic E-state index is -3.30. The molecule has 2 aliphatic heterocycles. The molecule has 0 unspecified atom stereocenters. The molecule has 2 aliphatic carbocycles. The van der Waals surface area contributed by atoms with Crippen molar-refractivity contribution in [2.45, 2.75) is 63.1 Å². The van der Waals surface area contributed by atoms with Gasteiger partial charge in [-0.25, -0.2) is 13.1 Å². The van der Waals surface area contributed by atoms with Crippen molar-refractivity contribution in [3.63, 3.8) is 0 Å². The highest BCUT2D eigenvalue weighted by molar-refractivity contribution is 7.88. The summed E-state index contributed by atoms with van der Waals surface area (Å²) >= 11 is 0. The number of sulfonamides is 1. The molecular formula is C19H32N4O4S. The molecule has 4 rings (SSSR count). The molecule has 158 valence electrons. The fraction of sp³-hybridized carbons (Fsp3) is 0.895. The zero-order valence-corrected chi connectivity index (χ0v) is 17.4. The molecule has 2 saturated carbocycles.